The molecule has 0 radical (unpaired) electrons. The lowest BCUT2D eigenvalue weighted by atomic mass is 9.82. The number of aromatic nitrogens is 3. The van der Waals surface area contributed by atoms with Crippen LogP contribution < -0.4 is 0 Å². The molecule has 5 rings (SSSR count). The van der Waals surface area contributed by atoms with Gasteiger partial charge in [0.15, 0.2) is 0 Å². The van der Waals surface area contributed by atoms with Gasteiger partial charge >= 0.3 is 0 Å². The molecular weight excluding hydrogens is 667 g/mol. The fourth-order valence-corrected chi connectivity index (χ4v) is 4.82. The SMILES string of the molecule is CC.CC.CC.CC.CC.CC(C)C1CCCCC1.CC(C)c1ccccc1.CC(C)c1ccccn1.CC(C)c1cccnc1.CC(C)c1ccncc1. The maximum absolute atomic E-state index is 4.18. The first-order valence-corrected chi connectivity index (χ1v) is 22.3. The standard InChI is InChI=1S/C9H18.C9H12.3C8H11N.5C2H6/c2*1-8(2)9-6-4-3-5-7-9;1-7(2)8-3-5-9-6-4-8;1-7(2)8-4-3-5-9-6-8;1-7(2)8-5-3-4-6-9-8;5*1-2/h8-9H,3-7H2,1-2H3;3-8H,1-2H3;3*3-7H,1-2H3;5*1-2H3. The van der Waals surface area contributed by atoms with Crippen LogP contribution in [0.2, 0.25) is 0 Å². The fourth-order valence-electron chi connectivity index (χ4n) is 4.82. The highest BCUT2D eigenvalue weighted by Gasteiger charge is 2.15. The highest BCUT2D eigenvalue weighted by Crippen LogP contribution is 2.29. The first kappa shape index (κ1) is 60.9. The Morgan fingerprint density at radius 2 is 0.836 bits per heavy atom. The molecule has 0 amide bonds. The van der Waals surface area contributed by atoms with Crippen molar-refractivity contribution in [1.82, 2.24) is 15.0 Å². The summed E-state index contributed by atoms with van der Waals surface area (Å²) >= 11 is 0. The van der Waals surface area contributed by atoms with Gasteiger partial charge in [0.2, 0.25) is 0 Å². The maximum Gasteiger partial charge on any atom is 0.0428 e. The van der Waals surface area contributed by atoms with Crippen LogP contribution in [-0.2, 0) is 0 Å². The summed E-state index contributed by atoms with van der Waals surface area (Å²) in [4.78, 5) is 12.1. The number of benzene rings is 1. The molecule has 0 spiro atoms. The Bertz CT molecular complexity index is 1010. The van der Waals surface area contributed by atoms with E-state index in [0.29, 0.717) is 23.7 Å². The number of rotatable bonds is 5. The molecule has 3 aromatic heterocycles. The molecule has 1 aliphatic rings. The fraction of sp³-hybridized carbons (Fsp3) is 0.596. The quantitative estimate of drug-likeness (QED) is 0.203. The average molecular weight is 760 g/mol. The third-order valence-electron chi connectivity index (χ3n) is 8.06. The summed E-state index contributed by atoms with van der Waals surface area (Å²) in [5, 5.41) is 0. The van der Waals surface area contributed by atoms with Gasteiger partial charge in [-0.05, 0) is 82.5 Å². The van der Waals surface area contributed by atoms with Crippen LogP contribution in [0.5, 0.6) is 0 Å². The van der Waals surface area contributed by atoms with Crippen molar-refractivity contribution in [2.45, 2.75) is 194 Å². The van der Waals surface area contributed by atoms with Gasteiger partial charge in [0.05, 0.1) is 0 Å². The van der Waals surface area contributed by atoms with Crippen LogP contribution in [0.4, 0.5) is 0 Å². The highest BCUT2D eigenvalue weighted by atomic mass is 14.7. The van der Waals surface area contributed by atoms with Gasteiger partial charge in [0.1, 0.15) is 0 Å². The summed E-state index contributed by atoms with van der Waals surface area (Å²) < 4.78 is 0. The Labute approximate surface area is 346 Å². The van der Waals surface area contributed by atoms with Crippen molar-refractivity contribution in [2.75, 3.05) is 0 Å². The first-order valence-electron chi connectivity index (χ1n) is 22.3. The minimum absolute atomic E-state index is 0.547. The Morgan fingerprint density at radius 1 is 0.400 bits per heavy atom. The molecule has 0 aliphatic heterocycles. The van der Waals surface area contributed by atoms with E-state index in [4.69, 9.17) is 0 Å². The van der Waals surface area contributed by atoms with Crippen molar-refractivity contribution in [3.05, 3.63) is 126 Å². The van der Waals surface area contributed by atoms with Gasteiger partial charge in [-0.2, -0.15) is 0 Å². The molecule has 1 aromatic carbocycles. The zero-order valence-corrected chi connectivity index (χ0v) is 40.2. The van der Waals surface area contributed by atoms with E-state index in [0.717, 1.165) is 17.5 Å². The van der Waals surface area contributed by atoms with E-state index in [2.05, 4.69) is 115 Å². The lowest BCUT2D eigenvalue weighted by Crippen LogP contribution is -2.12. The molecule has 0 unspecified atom stereocenters. The average Bonchev–Trinajstić information content (AvgIpc) is 3.27. The van der Waals surface area contributed by atoms with E-state index in [9.17, 15) is 0 Å². The third kappa shape index (κ3) is 37.4. The van der Waals surface area contributed by atoms with Gasteiger partial charge in [0.25, 0.3) is 0 Å². The topological polar surface area (TPSA) is 38.7 Å². The van der Waals surface area contributed by atoms with Crippen molar-refractivity contribution in [3.63, 3.8) is 0 Å². The Hall–Kier alpha value is -3.33. The van der Waals surface area contributed by atoms with Crippen molar-refractivity contribution >= 4 is 0 Å². The molecule has 3 heteroatoms. The molecule has 0 N–H and O–H groups in total. The van der Waals surface area contributed by atoms with Gasteiger partial charge in [-0.3, -0.25) is 15.0 Å². The van der Waals surface area contributed by atoms with Crippen molar-refractivity contribution in [2.24, 2.45) is 11.8 Å². The second-order valence-electron chi connectivity index (χ2n) is 13.5. The summed E-state index contributed by atoms with van der Waals surface area (Å²) in [7, 11) is 0. The molecule has 0 saturated heterocycles. The largest absolute Gasteiger partial charge is 0.265 e. The monoisotopic (exact) mass is 760 g/mol. The van der Waals surface area contributed by atoms with Crippen LogP contribution in [0.15, 0.2) is 104 Å². The van der Waals surface area contributed by atoms with Crippen LogP contribution in [0, 0.1) is 11.8 Å². The summed E-state index contributed by atoms with van der Waals surface area (Å²) in [5.41, 5.74) is 5.23. The molecule has 316 valence electrons. The van der Waals surface area contributed by atoms with E-state index in [-0.39, 0.29) is 0 Å². The zero-order valence-electron chi connectivity index (χ0n) is 40.2. The van der Waals surface area contributed by atoms with E-state index in [1.807, 2.05) is 136 Å². The van der Waals surface area contributed by atoms with Crippen molar-refractivity contribution < 1.29 is 0 Å². The molecule has 3 nitrogen and oxygen atoms in total. The third-order valence-corrected chi connectivity index (χ3v) is 8.06. The van der Waals surface area contributed by atoms with Crippen LogP contribution in [-0.4, -0.2) is 15.0 Å². The van der Waals surface area contributed by atoms with Gasteiger partial charge in [-0.25, -0.2) is 0 Å². The number of hydrogen-bond donors (Lipinski definition) is 0. The Balaban J connectivity index is -0.000000179. The second kappa shape index (κ2) is 46.8. The lowest BCUT2D eigenvalue weighted by Gasteiger charge is -2.24. The zero-order chi connectivity index (χ0) is 43.5. The summed E-state index contributed by atoms with van der Waals surface area (Å²) in [6.07, 6.45) is 16.7. The second-order valence-corrected chi connectivity index (χ2v) is 13.5. The summed E-state index contributed by atoms with van der Waals surface area (Å²) in [6.45, 7) is 42.1. The minimum Gasteiger partial charge on any atom is -0.265 e. The predicted octanol–water partition coefficient (Wildman–Crippen LogP) is 17.8. The molecule has 4 aromatic rings. The highest BCUT2D eigenvalue weighted by molar-refractivity contribution is 5.17. The van der Waals surface area contributed by atoms with Gasteiger partial charge in [0, 0.05) is 36.7 Å². The maximum atomic E-state index is 4.18. The van der Waals surface area contributed by atoms with E-state index in [1.165, 1.54) is 48.8 Å². The van der Waals surface area contributed by atoms with Crippen LogP contribution >= 0.6 is 0 Å². The molecule has 0 atom stereocenters. The van der Waals surface area contributed by atoms with Crippen molar-refractivity contribution in [1.29, 1.82) is 0 Å². The number of pyridine rings is 3. The Morgan fingerprint density at radius 3 is 1.11 bits per heavy atom. The molecule has 1 aliphatic carbocycles. The number of nitrogens with zero attached hydrogens (tertiary/aromatic N) is 3. The molecule has 1 saturated carbocycles. The van der Waals surface area contributed by atoms with Gasteiger partial charge in [-0.1, -0.05) is 213 Å². The van der Waals surface area contributed by atoms with Crippen LogP contribution in [0.25, 0.3) is 0 Å². The molecule has 3 heterocycles. The van der Waals surface area contributed by atoms with Gasteiger partial charge in [-0.15, -0.1) is 0 Å². The van der Waals surface area contributed by atoms with E-state index >= 15 is 0 Å². The van der Waals surface area contributed by atoms with E-state index < -0.39 is 0 Å². The van der Waals surface area contributed by atoms with Crippen molar-refractivity contribution in [3.8, 4) is 0 Å². The van der Waals surface area contributed by atoms with E-state index in [1.54, 1.807) is 6.20 Å². The lowest BCUT2D eigenvalue weighted by molar-refractivity contribution is 0.279. The minimum atomic E-state index is 0.547. The van der Waals surface area contributed by atoms with Gasteiger partial charge < -0.3 is 0 Å². The molecule has 0 bridgehead atoms. The number of hydrogen-bond acceptors (Lipinski definition) is 3. The normalized spacial score (nSPS) is 10.9. The first-order chi connectivity index (χ1) is 26.5. The summed E-state index contributed by atoms with van der Waals surface area (Å²) in [6, 6.07) is 24.7. The molecule has 1 fully saturated rings. The molecular formula is C52H93N3. The smallest absolute Gasteiger partial charge is 0.0428 e. The predicted molar refractivity (Wildman–Crippen MR) is 254 cm³/mol. The summed E-state index contributed by atoms with van der Waals surface area (Å²) in [5.74, 6) is 4.41. The van der Waals surface area contributed by atoms with Crippen LogP contribution in [0.1, 0.15) is 217 Å². The van der Waals surface area contributed by atoms with Crippen LogP contribution in [0.3, 0.4) is 0 Å². The molecule has 55 heavy (non-hydrogen) atoms. The Kier molecular flexibility index (Phi) is 51.9.